The molecule has 4 atom stereocenters. The van der Waals surface area contributed by atoms with Gasteiger partial charge < -0.3 is 25.2 Å². The highest BCUT2D eigenvalue weighted by Crippen LogP contribution is 2.37. The lowest BCUT2D eigenvalue weighted by Crippen LogP contribution is -2.49. The summed E-state index contributed by atoms with van der Waals surface area (Å²) in [5, 5.41) is 34.0. The Morgan fingerprint density at radius 3 is 2.52 bits per heavy atom. The number of amides is 2. The van der Waals surface area contributed by atoms with E-state index in [-0.39, 0.29) is 24.2 Å². The van der Waals surface area contributed by atoms with Crippen molar-refractivity contribution in [2.24, 2.45) is 0 Å². The second-order valence-electron chi connectivity index (χ2n) is 7.57. The zero-order chi connectivity index (χ0) is 22.9. The molecule has 11 nitrogen and oxygen atoms in total. The number of nitrogens with one attached hydrogen (secondary N) is 1. The van der Waals surface area contributed by atoms with Gasteiger partial charge in [-0.2, -0.15) is 9.97 Å². The standard InChI is InChI=1S/C19H27ClN6O5/c1-4-9(5-2)22-16-13-17(24-18(20)23-16)25(8-21-13)10-7-11(15(29)14(10)28)26(19(30)31)12(27)6-3/h8-11,14-15,28-29H,4-7H2,1-3H3,(H,30,31)(H,22,23,24)/t10-,11+,14+,15-/m1/s1. The molecule has 0 unspecified atom stereocenters. The van der Waals surface area contributed by atoms with Crippen LogP contribution < -0.4 is 5.32 Å². The molecule has 1 saturated carbocycles. The molecule has 170 valence electrons. The van der Waals surface area contributed by atoms with Gasteiger partial charge in [-0.05, 0) is 30.9 Å². The molecule has 3 rings (SSSR count). The van der Waals surface area contributed by atoms with Crippen molar-refractivity contribution in [1.82, 2.24) is 24.4 Å². The van der Waals surface area contributed by atoms with E-state index >= 15 is 0 Å². The van der Waals surface area contributed by atoms with Crippen LogP contribution in [-0.4, -0.2) is 76.0 Å². The van der Waals surface area contributed by atoms with Gasteiger partial charge in [0.2, 0.25) is 11.2 Å². The Morgan fingerprint density at radius 2 is 1.94 bits per heavy atom. The number of carboxylic acid groups (broad SMARTS) is 1. The molecule has 0 radical (unpaired) electrons. The van der Waals surface area contributed by atoms with Crippen LogP contribution in [0.1, 0.15) is 52.5 Å². The summed E-state index contributed by atoms with van der Waals surface area (Å²) in [4.78, 5) is 37.2. The molecule has 4 N–H and O–H groups in total. The summed E-state index contributed by atoms with van der Waals surface area (Å²) in [7, 11) is 0. The third kappa shape index (κ3) is 4.30. The van der Waals surface area contributed by atoms with Gasteiger partial charge in [-0.15, -0.1) is 0 Å². The summed E-state index contributed by atoms with van der Waals surface area (Å²) in [6.07, 6.45) is -1.12. The van der Waals surface area contributed by atoms with Crippen molar-refractivity contribution >= 4 is 40.6 Å². The SMILES string of the molecule is CCC(=O)N(C(=O)O)[C@H]1C[C@@H](n2cnc3c(NC(CC)CC)nc(Cl)nc32)[C@H](O)[C@@H]1O. The number of rotatable bonds is 7. The highest BCUT2D eigenvalue weighted by Gasteiger charge is 2.48. The van der Waals surface area contributed by atoms with Crippen molar-refractivity contribution in [3.8, 4) is 0 Å². The van der Waals surface area contributed by atoms with Crippen LogP contribution in [0, 0.1) is 0 Å². The lowest BCUT2D eigenvalue weighted by Gasteiger charge is -2.26. The fourth-order valence-corrected chi connectivity index (χ4v) is 4.21. The number of halogens is 1. The van der Waals surface area contributed by atoms with Crippen LogP contribution in [0.15, 0.2) is 6.33 Å². The monoisotopic (exact) mass is 454 g/mol. The Morgan fingerprint density at radius 1 is 1.26 bits per heavy atom. The maximum Gasteiger partial charge on any atom is 0.414 e. The smallest absolute Gasteiger partial charge is 0.414 e. The molecule has 2 aromatic rings. The predicted octanol–water partition coefficient (Wildman–Crippen LogP) is 2.03. The van der Waals surface area contributed by atoms with Gasteiger partial charge in [-0.3, -0.25) is 4.79 Å². The van der Waals surface area contributed by atoms with Crippen molar-refractivity contribution in [3.63, 3.8) is 0 Å². The van der Waals surface area contributed by atoms with Crippen molar-refractivity contribution in [1.29, 1.82) is 0 Å². The molecule has 0 spiro atoms. The highest BCUT2D eigenvalue weighted by atomic mass is 35.5. The number of imidazole rings is 1. The first kappa shape index (κ1) is 23.2. The molecule has 1 aliphatic carbocycles. The Kier molecular flexibility index (Phi) is 6.97. The number of hydrogen-bond donors (Lipinski definition) is 4. The molecule has 0 aliphatic heterocycles. The van der Waals surface area contributed by atoms with Crippen LogP contribution in [0.25, 0.3) is 11.2 Å². The topological polar surface area (TPSA) is 154 Å². The first-order chi connectivity index (χ1) is 14.7. The Bertz CT molecular complexity index is 965. The zero-order valence-corrected chi connectivity index (χ0v) is 18.3. The maximum absolute atomic E-state index is 12.1. The second kappa shape index (κ2) is 9.33. The first-order valence-electron chi connectivity index (χ1n) is 10.3. The molecule has 1 fully saturated rings. The van der Waals surface area contributed by atoms with E-state index in [1.165, 1.54) is 13.3 Å². The summed E-state index contributed by atoms with van der Waals surface area (Å²) >= 11 is 6.13. The fourth-order valence-electron chi connectivity index (χ4n) is 4.04. The summed E-state index contributed by atoms with van der Waals surface area (Å²) in [6, 6.07) is -1.70. The van der Waals surface area contributed by atoms with Crippen LogP contribution in [0.2, 0.25) is 5.28 Å². The number of anilines is 1. The number of carbonyl (C=O) groups excluding carboxylic acids is 1. The Hall–Kier alpha value is -2.50. The van der Waals surface area contributed by atoms with Gasteiger partial charge in [0, 0.05) is 12.5 Å². The van der Waals surface area contributed by atoms with E-state index in [4.69, 9.17) is 11.6 Å². The molecule has 0 saturated heterocycles. The Balaban J connectivity index is 1.99. The highest BCUT2D eigenvalue weighted by molar-refractivity contribution is 6.28. The Labute approximate surface area is 184 Å². The molecule has 2 aromatic heterocycles. The second-order valence-corrected chi connectivity index (χ2v) is 7.91. The van der Waals surface area contributed by atoms with Crippen molar-refractivity contribution in [2.75, 3.05) is 5.32 Å². The molecule has 31 heavy (non-hydrogen) atoms. The number of fused-ring (bicyclic) bond motifs is 1. The van der Waals surface area contributed by atoms with Crippen LogP contribution in [0.4, 0.5) is 10.6 Å². The summed E-state index contributed by atoms with van der Waals surface area (Å²) < 4.78 is 1.55. The van der Waals surface area contributed by atoms with Gasteiger partial charge in [-0.25, -0.2) is 14.7 Å². The fraction of sp³-hybridized carbons (Fsp3) is 0.632. The van der Waals surface area contributed by atoms with Gasteiger partial charge in [0.25, 0.3) is 0 Å². The number of carbonyl (C=O) groups is 2. The minimum Gasteiger partial charge on any atom is -0.465 e. The van der Waals surface area contributed by atoms with Gasteiger partial charge in [0.1, 0.15) is 12.2 Å². The minimum atomic E-state index is -1.47. The van der Waals surface area contributed by atoms with E-state index in [1.807, 2.05) is 13.8 Å². The van der Waals surface area contributed by atoms with Crippen LogP contribution in [0.5, 0.6) is 0 Å². The quantitative estimate of drug-likeness (QED) is 0.460. The van der Waals surface area contributed by atoms with E-state index in [0.717, 1.165) is 12.8 Å². The van der Waals surface area contributed by atoms with Gasteiger partial charge >= 0.3 is 6.09 Å². The molecule has 1 aliphatic rings. The number of aromatic nitrogens is 4. The first-order valence-corrected chi connectivity index (χ1v) is 10.7. The van der Waals surface area contributed by atoms with E-state index < -0.39 is 36.3 Å². The third-order valence-corrected chi connectivity index (χ3v) is 5.98. The van der Waals surface area contributed by atoms with Gasteiger partial charge in [-0.1, -0.05) is 20.8 Å². The number of aliphatic hydroxyl groups excluding tert-OH is 2. The minimum absolute atomic E-state index is 0.00274. The number of aliphatic hydroxyl groups is 2. The summed E-state index contributed by atoms with van der Waals surface area (Å²) in [5.74, 6) is -0.192. The summed E-state index contributed by atoms with van der Waals surface area (Å²) in [5.41, 5.74) is 0.787. The average molecular weight is 455 g/mol. The van der Waals surface area contributed by atoms with Crippen LogP contribution in [0.3, 0.4) is 0 Å². The average Bonchev–Trinajstić information content (AvgIpc) is 3.27. The maximum atomic E-state index is 12.1. The van der Waals surface area contributed by atoms with Crippen LogP contribution in [-0.2, 0) is 4.79 Å². The van der Waals surface area contributed by atoms with Crippen molar-refractivity contribution in [2.45, 2.75) is 76.8 Å². The molecule has 0 bridgehead atoms. The largest absolute Gasteiger partial charge is 0.465 e. The molecule has 2 heterocycles. The van der Waals surface area contributed by atoms with E-state index in [2.05, 4.69) is 20.3 Å². The molecular formula is C19H27ClN6O5. The van der Waals surface area contributed by atoms with E-state index in [0.29, 0.717) is 21.9 Å². The zero-order valence-electron chi connectivity index (χ0n) is 17.6. The van der Waals surface area contributed by atoms with E-state index in [1.54, 1.807) is 4.57 Å². The van der Waals surface area contributed by atoms with Gasteiger partial charge in [0.15, 0.2) is 17.0 Å². The van der Waals surface area contributed by atoms with Crippen molar-refractivity contribution in [3.05, 3.63) is 11.6 Å². The molecule has 2 amide bonds. The van der Waals surface area contributed by atoms with Gasteiger partial charge in [0.05, 0.1) is 18.4 Å². The van der Waals surface area contributed by atoms with E-state index in [9.17, 15) is 24.9 Å². The number of hydrogen-bond acceptors (Lipinski definition) is 8. The molecule has 0 aromatic carbocycles. The third-order valence-electron chi connectivity index (χ3n) is 5.81. The lowest BCUT2D eigenvalue weighted by molar-refractivity contribution is -0.133. The number of nitrogens with zero attached hydrogens (tertiary/aromatic N) is 5. The van der Waals surface area contributed by atoms with Crippen molar-refractivity contribution < 1.29 is 24.9 Å². The summed E-state index contributed by atoms with van der Waals surface area (Å²) in [6.45, 7) is 5.62. The molecular weight excluding hydrogens is 428 g/mol. The number of imide groups is 1. The van der Waals surface area contributed by atoms with Crippen LogP contribution >= 0.6 is 11.6 Å². The predicted molar refractivity (Wildman–Crippen MR) is 113 cm³/mol. The lowest BCUT2D eigenvalue weighted by atomic mass is 10.1. The molecule has 12 heteroatoms. The normalized spacial score (nSPS) is 23.5.